The highest BCUT2D eigenvalue weighted by Gasteiger charge is 1.94. The van der Waals surface area contributed by atoms with Crippen LogP contribution < -0.4 is 0 Å². The molecule has 9 heavy (non-hydrogen) atoms. The third-order valence-corrected chi connectivity index (χ3v) is 1.27. The molecule has 54 valence electrons. The summed E-state index contributed by atoms with van der Waals surface area (Å²) >= 11 is 4.03. The van der Waals surface area contributed by atoms with Crippen LogP contribution in [-0.2, 0) is 24.4 Å². The molecular formula is C4H8O3S2. The smallest absolute Gasteiger partial charge is 0.266 e. The first kappa shape index (κ1) is 9.03. The highest BCUT2D eigenvalue weighted by molar-refractivity contribution is 8.27. The van der Waals surface area contributed by atoms with E-state index in [2.05, 4.69) is 15.4 Å². The quantitative estimate of drug-likeness (QED) is 0.630. The van der Waals surface area contributed by atoms with Gasteiger partial charge >= 0.3 is 0 Å². The third-order valence-electron chi connectivity index (χ3n) is 0.549. The van der Waals surface area contributed by atoms with Gasteiger partial charge in [0.1, 0.15) is 0 Å². The summed E-state index contributed by atoms with van der Waals surface area (Å²) in [6, 6.07) is 0. The fourth-order valence-electron chi connectivity index (χ4n) is 0.221. The van der Waals surface area contributed by atoms with Gasteiger partial charge in [0, 0.05) is 11.2 Å². The second-order valence-corrected chi connectivity index (χ2v) is 3.64. The van der Waals surface area contributed by atoms with E-state index in [1.807, 2.05) is 0 Å². The Hall–Kier alpha value is 0.0300. The van der Waals surface area contributed by atoms with Crippen LogP contribution in [0, 0.1) is 0 Å². The molecule has 0 aliphatic carbocycles. The van der Waals surface area contributed by atoms with E-state index in [1.165, 1.54) is 0 Å². The maximum atomic E-state index is 10.2. The zero-order valence-corrected chi connectivity index (χ0v) is 6.58. The predicted molar refractivity (Wildman–Crippen MR) is 38.9 cm³/mol. The second kappa shape index (κ2) is 3.94. The molecular weight excluding hydrogens is 160 g/mol. The summed E-state index contributed by atoms with van der Waals surface area (Å²) in [4.78, 5) is 0. The Morgan fingerprint density at radius 1 is 1.89 bits per heavy atom. The fraction of sp³-hybridized carbons (Fsp3) is 0.500. The van der Waals surface area contributed by atoms with Crippen molar-refractivity contribution in [1.29, 1.82) is 0 Å². The summed E-state index contributed by atoms with van der Waals surface area (Å²) in [6.07, 6.45) is 3.31. The van der Waals surface area contributed by atoms with Gasteiger partial charge in [-0.05, 0) is 6.92 Å². The van der Waals surface area contributed by atoms with E-state index in [-0.39, 0.29) is 6.61 Å². The van der Waals surface area contributed by atoms with E-state index in [1.54, 1.807) is 19.1 Å². The molecule has 0 spiro atoms. The molecule has 0 aromatic carbocycles. The minimum Gasteiger partial charge on any atom is -0.285 e. The van der Waals surface area contributed by atoms with Gasteiger partial charge in [-0.1, -0.05) is 12.2 Å². The molecule has 0 saturated heterocycles. The molecule has 1 N–H and O–H groups in total. The summed E-state index contributed by atoms with van der Waals surface area (Å²) in [7, 11) is -3.41. The van der Waals surface area contributed by atoms with Gasteiger partial charge < -0.3 is 0 Å². The molecule has 0 aromatic rings. The van der Waals surface area contributed by atoms with Crippen LogP contribution in [0.25, 0.3) is 0 Å². The van der Waals surface area contributed by atoms with Crippen molar-refractivity contribution in [2.75, 3.05) is 6.61 Å². The molecule has 0 aromatic heterocycles. The Balaban J connectivity index is 3.53. The third kappa shape index (κ3) is 8.03. The van der Waals surface area contributed by atoms with Crippen LogP contribution >= 0.6 is 0 Å². The average Bonchev–Trinajstić information content (AvgIpc) is 1.63. The van der Waals surface area contributed by atoms with Crippen LogP contribution in [0.3, 0.4) is 0 Å². The Morgan fingerprint density at radius 3 is 2.78 bits per heavy atom. The molecule has 0 bridgehead atoms. The van der Waals surface area contributed by atoms with Crippen molar-refractivity contribution in [3.63, 3.8) is 0 Å². The van der Waals surface area contributed by atoms with Crippen LogP contribution in [0.2, 0.25) is 0 Å². The van der Waals surface area contributed by atoms with Crippen LogP contribution in [0.1, 0.15) is 6.92 Å². The molecule has 5 heteroatoms. The van der Waals surface area contributed by atoms with E-state index in [0.717, 1.165) is 0 Å². The first-order valence-electron chi connectivity index (χ1n) is 2.29. The van der Waals surface area contributed by atoms with Crippen molar-refractivity contribution in [2.24, 2.45) is 0 Å². The number of hydrogen-bond donors (Lipinski definition) is 1. The minimum absolute atomic E-state index is 0.0926. The molecule has 3 nitrogen and oxygen atoms in total. The first-order chi connectivity index (χ1) is 4.06. The molecule has 0 heterocycles. The standard InChI is InChI=1S/C4H8O3S2/c1-2-3-4-7-9(5,6)8/h2-3H,4H2,1H3,(H,5,6,8). The molecule has 0 aliphatic heterocycles. The molecule has 0 amide bonds. The van der Waals surface area contributed by atoms with E-state index in [4.69, 9.17) is 4.55 Å². The molecule has 0 saturated carbocycles. The van der Waals surface area contributed by atoms with Gasteiger partial charge in [-0.2, -0.15) is 4.21 Å². The lowest BCUT2D eigenvalue weighted by atomic mass is 10.6. The average molecular weight is 168 g/mol. The van der Waals surface area contributed by atoms with E-state index >= 15 is 0 Å². The predicted octanol–water partition coefficient (Wildman–Crippen LogP) is 0.713. The van der Waals surface area contributed by atoms with Crippen molar-refractivity contribution >= 4 is 20.2 Å². The number of rotatable bonds is 3. The molecule has 1 atom stereocenters. The van der Waals surface area contributed by atoms with Crippen molar-refractivity contribution in [2.45, 2.75) is 6.92 Å². The normalized spacial score (nSPS) is 18.0. The lowest BCUT2D eigenvalue weighted by molar-refractivity contribution is 0.339. The Bertz CT molecular complexity index is 180. The highest BCUT2D eigenvalue weighted by Crippen LogP contribution is 1.86. The number of hydrogen-bond acceptors (Lipinski definition) is 3. The second-order valence-electron chi connectivity index (χ2n) is 1.28. The van der Waals surface area contributed by atoms with Crippen molar-refractivity contribution in [3.05, 3.63) is 12.2 Å². The van der Waals surface area contributed by atoms with Gasteiger partial charge in [0.15, 0.2) is 0 Å². The summed E-state index contributed by atoms with van der Waals surface area (Å²) in [5.41, 5.74) is 0. The van der Waals surface area contributed by atoms with Crippen LogP contribution in [-0.4, -0.2) is 15.4 Å². The fourth-order valence-corrected chi connectivity index (χ4v) is 0.639. The Kier molecular flexibility index (Phi) is 3.96. The van der Waals surface area contributed by atoms with Crippen LogP contribution in [0.5, 0.6) is 0 Å². The van der Waals surface area contributed by atoms with Crippen molar-refractivity contribution in [3.8, 4) is 0 Å². The maximum Gasteiger partial charge on any atom is 0.266 e. The lowest BCUT2D eigenvalue weighted by Crippen LogP contribution is -2.00. The zero-order chi connectivity index (χ0) is 7.33. The molecule has 0 radical (unpaired) electrons. The summed E-state index contributed by atoms with van der Waals surface area (Å²) in [6.45, 7) is 1.88. The first-order valence-corrected chi connectivity index (χ1v) is 4.66. The molecule has 0 aliphatic rings. The SMILES string of the molecule is CC=CCOS(=O)(O)=S. The van der Waals surface area contributed by atoms with Crippen molar-refractivity contribution in [1.82, 2.24) is 0 Å². The largest absolute Gasteiger partial charge is 0.285 e. The molecule has 0 rings (SSSR count). The summed E-state index contributed by atoms with van der Waals surface area (Å²) in [5.74, 6) is 0. The van der Waals surface area contributed by atoms with Crippen LogP contribution in [0.4, 0.5) is 0 Å². The molecule has 1 unspecified atom stereocenters. The van der Waals surface area contributed by atoms with Crippen molar-refractivity contribution < 1.29 is 12.9 Å². The lowest BCUT2D eigenvalue weighted by Gasteiger charge is -1.94. The Morgan fingerprint density at radius 2 is 2.44 bits per heavy atom. The van der Waals surface area contributed by atoms with Gasteiger partial charge in [0.05, 0.1) is 6.61 Å². The van der Waals surface area contributed by atoms with Crippen LogP contribution in [0.15, 0.2) is 12.2 Å². The van der Waals surface area contributed by atoms with E-state index in [9.17, 15) is 4.21 Å². The van der Waals surface area contributed by atoms with Gasteiger partial charge in [-0.15, -0.1) is 0 Å². The van der Waals surface area contributed by atoms with E-state index < -0.39 is 9.05 Å². The topological polar surface area (TPSA) is 46.5 Å². The van der Waals surface area contributed by atoms with Gasteiger partial charge in [-0.3, -0.25) is 8.74 Å². The Labute approximate surface area is 59.4 Å². The maximum absolute atomic E-state index is 10.2. The minimum atomic E-state index is -3.41. The summed E-state index contributed by atoms with van der Waals surface area (Å²) in [5, 5.41) is 0. The zero-order valence-electron chi connectivity index (χ0n) is 4.94. The van der Waals surface area contributed by atoms with Gasteiger partial charge in [0.25, 0.3) is 9.05 Å². The molecule has 0 fully saturated rings. The van der Waals surface area contributed by atoms with Gasteiger partial charge in [-0.25, -0.2) is 0 Å². The van der Waals surface area contributed by atoms with E-state index in [0.29, 0.717) is 0 Å². The number of allylic oxidation sites excluding steroid dienone is 1. The van der Waals surface area contributed by atoms with Gasteiger partial charge in [0.2, 0.25) is 0 Å². The monoisotopic (exact) mass is 168 g/mol. The highest BCUT2D eigenvalue weighted by atomic mass is 32.9. The summed E-state index contributed by atoms with van der Waals surface area (Å²) < 4.78 is 22.8.